The fraction of sp³-hybridized carbons (Fsp3) is 0.273. The third-order valence-electron chi connectivity index (χ3n) is 2.43. The van der Waals surface area contributed by atoms with Crippen LogP contribution >= 0.6 is 0 Å². The zero-order chi connectivity index (χ0) is 14.8. The summed E-state index contributed by atoms with van der Waals surface area (Å²) in [4.78, 5) is 11.5. The fourth-order valence-corrected chi connectivity index (χ4v) is 1.12. The first kappa shape index (κ1) is 14.9. The van der Waals surface area contributed by atoms with Gasteiger partial charge >= 0.3 is 6.18 Å². The van der Waals surface area contributed by atoms with E-state index in [1.165, 1.54) is 6.07 Å². The van der Waals surface area contributed by atoms with Crippen molar-refractivity contribution >= 4 is 11.6 Å². The van der Waals surface area contributed by atoms with Crippen LogP contribution < -0.4 is 11.1 Å². The number of alkyl halides is 3. The van der Waals surface area contributed by atoms with Crippen LogP contribution in [0, 0.1) is 17.1 Å². The van der Waals surface area contributed by atoms with Crippen molar-refractivity contribution in [3.8, 4) is 6.07 Å². The van der Waals surface area contributed by atoms with Gasteiger partial charge in [0.05, 0.1) is 5.69 Å². The van der Waals surface area contributed by atoms with E-state index in [2.05, 4.69) is 0 Å². The number of carbonyl (C=O) groups excluding carboxylic acids is 1. The van der Waals surface area contributed by atoms with Crippen molar-refractivity contribution in [1.29, 1.82) is 5.26 Å². The molecule has 1 rings (SSSR count). The maximum Gasteiger partial charge on any atom is 0.415 e. The number of nitrogens with one attached hydrogen (secondary N) is 1. The van der Waals surface area contributed by atoms with Gasteiger partial charge in [0.2, 0.25) is 0 Å². The Morgan fingerprint density at radius 1 is 1.42 bits per heavy atom. The minimum absolute atomic E-state index is 0.367. The Morgan fingerprint density at radius 2 is 2.00 bits per heavy atom. The summed E-state index contributed by atoms with van der Waals surface area (Å²) in [6.45, 7) is 0.480. The molecule has 0 aliphatic rings. The third kappa shape index (κ3) is 2.82. The number of hydrogen-bond donors (Lipinski definition) is 2. The Kier molecular flexibility index (Phi) is 3.81. The lowest BCUT2D eigenvalue weighted by atomic mass is 10.0. The SMILES string of the molecule is CC(N)(C(=O)Nc1cccc(F)c1C#N)C(F)(F)F. The van der Waals surface area contributed by atoms with Crippen molar-refractivity contribution in [2.24, 2.45) is 5.73 Å². The van der Waals surface area contributed by atoms with Gasteiger partial charge in [0.1, 0.15) is 17.4 Å². The number of nitriles is 1. The molecule has 4 nitrogen and oxygen atoms in total. The second-order valence-electron chi connectivity index (χ2n) is 3.93. The Balaban J connectivity index is 3.09. The maximum absolute atomic E-state index is 13.2. The highest BCUT2D eigenvalue weighted by Crippen LogP contribution is 2.29. The van der Waals surface area contributed by atoms with Gasteiger partial charge in [-0.25, -0.2) is 4.39 Å². The van der Waals surface area contributed by atoms with Gasteiger partial charge in [-0.05, 0) is 19.1 Å². The minimum Gasteiger partial charge on any atom is -0.323 e. The number of amides is 1. The van der Waals surface area contributed by atoms with E-state index in [9.17, 15) is 22.4 Å². The third-order valence-corrected chi connectivity index (χ3v) is 2.43. The lowest BCUT2D eigenvalue weighted by Crippen LogP contribution is -2.59. The second-order valence-corrected chi connectivity index (χ2v) is 3.93. The zero-order valence-corrected chi connectivity index (χ0v) is 9.68. The fourth-order valence-electron chi connectivity index (χ4n) is 1.12. The lowest BCUT2D eigenvalue weighted by Gasteiger charge is -2.26. The number of halogens is 4. The Labute approximate surface area is 105 Å². The van der Waals surface area contributed by atoms with Crippen molar-refractivity contribution in [1.82, 2.24) is 0 Å². The molecular weight excluding hydrogens is 266 g/mol. The van der Waals surface area contributed by atoms with E-state index in [4.69, 9.17) is 11.0 Å². The molecule has 1 unspecified atom stereocenters. The van der Waals surface area contributed by atoms with Crippen LogP contribution in [0.3, 0.4) is 0 Å². The molecule has 0 spiro atoms. The van der Waals surface area contributed by atoms with Crippen molar-refractivity contribution < 1.29 is 22.4 Å². The highest BCUT2D eigenvalue weighted by Gasteiger charge is 2.54. The van der Waals surface area contributed by atoms with Crippen LogP contribution in [0.5, 0.6) is 0 Å². The summed E-state index contributed by atoms with van der Waals surface area (Å²) in [7, 11) is 0. The molecule has 1 aromatic carbocycles. The molecule has 1 aromatic rings. The van der Waals surface area contributed by atoms with Crippen LogP contribution in [0.25, 0.3) is 0 Å². The molecule has 0 aliphatic carbocycles. The van der Waals surface area contributed by atoms with Gasteiger partial charge in [-0.15, -0.1) is 0 Å². The first-order valence-electron chi connectivity index (χ1n) is 4.97. The largest absolute Gasteiger partial charge is 0.415 e. The van der Waals surface area contributed by atoms with Gasteiger partial charge in [-0.2, -0.15) is 18.4 Å². The van der Waals surface area contributed by atoms with Gasteiger partial charge in [0, 0.05) is 0 Å². The molecule has 1 atom stereocenters. The van der Waals surface area contributed by atoms with Gasteiger partial charge in [-0.3, -0.25) is 4.79 Å². The van der Waals surface area contributed by atoms with E-state index in [-0.39, 0.29) is 5.69 Å². The van der Waals surface area contributed by atoms with Crippen LogP contribution in [-0.2, 0) is 4.79 Å². The average molecular weight is 275 g/mol. The predicted molar refractivity (Wildman–Crippen MR) is 58.4 cm³/mol. The molecule has 0 saturated carbocycles. The standard InChI is InChI=1S/C11H9F4N3O/c1-10(17,11(13,14)15)9(19)18-8-4-2-3-7(12)6(8)5-16/h2-4H,17H2,1H3,(H,18,19). The van der Waals surface area contributed by atoms with E-state index in [0.29, 0.717) is 6.92 Å². The Bertz CT molecular complexity index is 546. The van der Waals surface area contributed by atoms with Crippen molar-refractivity contribution in [2.75, 3.05) is 5.32 Å². The molecule has 0 bridgehead atoms. The normalized spacial score (nSPS) is 14.4. The molecule has 0 saturated heterocycles. The monoisotopic (exact) mass is 275 g/mol. The summed E-state index contributed by atoms with van der Waals surface area (Å²) in [5.74, 6) is -2.53. The van der Waals surface area contributed by atoms with Crippen LogP contribution in [0.1, 0.15) is 12.5 Å². The van der Waals surface area contributed by atoms with Gasteiger partial charge in [0.15, 0.2) is 5.54 Å². The van der Waals surface area contributed by atoms with Gasteiger partial charge < -0.3 is 11.1 Å². The molecule has 0 aromatic heterocycles. The number of rotatable bonds is 2. The number of benzene rings is 1. The molecule has 3 N–H and O–H groups in total. The molecule has 8 heteroatoms. The van der Waals surface area contributed by atoms with E-state index >= 15 is 0 Å². The van der Waals surface area contributed by atoms with Crippen LogP contribution in [0.15, 0.2) is 18.2 Å². The first-order chi connectivity index (χ1) is 8.61. The highest BCUT2D eigenvalue weighted by atomic mass is 19.4. The molecule has 0 heterocycles. The summed E-state index contributed by atoms with van der Waals surface area (Å²) in [5.41, 5.74) is 0.826. The topological polar surface area (TPSA) is 78.9 Å². The summed E-state index contributed by atoms with van der Waals surface area (Å²) >= 11 is 0. The number of nitrogens with two attached hydrogens (primary N) is 1. The molecule has 1 amide bonds. The molecular formula is C11H9F4N3O. The smallest absolute Gasteiger partial charge is 0.323 e. The zero-order valence-electron chi connectivity index (χ0n) is 9.68. The highest BCUT2D eigenvalue weighted by molar-refractivity contribution is 5.99. The average Bonchev–Trinajstić information content (AvgIpc) is 2.27. The van der Waals surface area contributed by atoms with Gasteiger partial charge in [-0.1, -0.05) is 6.07 Å². The van der Waals surface area contributed by atoms with E-state index in [1.54, 1.807) is 5.32 Å². The number of nitrogens with zero attached hydrogens (tertiary/aromatic N) is 1. The summed E-state index contributed by atoms with van der Waals surface area (Å²) in [6.07, 6.45) is -4.97. The van der Waals surface area contributed by atoms with E-state index < -0.39 is 29.0 Å². The number of carbonyl (C=O) groups is 1. The first-order valence-corrected chi connectivity index (χ1v) is 4.97. The van der Waals surface area contributed by atoms with Crippen molar-refractivity contribution in [3.05, 3.63) is 29.6 Å². The lowest BCUT2D eigenvalue weighted by molar-refractivity contribution is -0.184. The molecule has 0 aliphatic heterocycles. The summed E-state index contributed by atoms with van der Waals surface area (Å²) in [5, 5.41) is 10.5. The Morgan fingerprint density at radius 3 is 2.47 bits per heavy atom. The van der Waals surface area contributed by atoms with Crippen molar-refractivity contribution in [2.45, 2.75) is 18.6 Å². The Hall–Kier alpha value is -2.14. The van der Waals surface area contributed by atoms with Crippen LogP contribution in [0.4, 0.5) is 23.2 Å². The second kappa shape index (κ2) is 4.85. The van der Waals surface area contributed by atoms with Gasteiger partial charge in [0.25, 0.3) is 5.91 Å². The van der Waals surface area contributed by atoms with Crippen LogP contribution in [0.2, 0.25) is 0 Å². The summed E-state index contributed by atoms with van der Waals surface area (Å²) in [6, 6.07) is 4.64. The molecule has 0 radical (unpaired) electrons. The molecule has 0 fully saturated rings. The van der Waals surface area contributed by atoms with E-state index in [1.807, 2.05) is 0 Å². The summed E-state index contributed by atoms with van der Waals surface area (Å²) < 4.78 is 50.8. The molecule has 102 valence electrons. The predicted octanol–water partition coefficient (Wildman–Crippen LogP) is 1.92. The maximum atomic E-state index is 13.2. The quantitative estimate of drug-likeness (QED) is 0.809. The van der Waals surface area contributed by atoms with E-state index in [0.717, 1.165) is 18.2 Å². The minimum atomic E-state index is -4.97. The van der Waals surface area contributed by atoms with Crippen molar-refractivity contribution in [3.63, 3.8) is 0 Å². The number of hydrogen-bond acceptors (Lipinski definition) is 3. The van der Waals surface area contributed by atoms with Crippen LogP contribution in [-0.4, -0.2) is 17.6 Å². The molecule has 19 heavy (non-hydrogen) atoms. The number of anilines is 1.